The highest BCUT2D eigenvalue weighted by Gasteiger charge is 1.38. The highest BCUT2D eigenvalue weighted by Crippen LogP contribution is 1.69. The number of hydrogen-bond acceptors (Lipinski definition) is 1. The molecule has 0 saturated heterocycles. The molecule has 0 spiro atoms. The lowest BCUT2D eigenvalue weighted by Crippen LogP contribution is -1.69. The zero-order valence-corrected chi connectivity index (χ0v) is 3.62. The maximum absolute atomic E-state index is 4.74. The lowest BCUT2D eigenvalue weighted by atomic mass is 11.1. The maximum atomic E-state index is 4.74. The van der Waals surface area contributed by atoms with E-state index in [4.69, 9.17) is 5.73 Å². The van der Waals surface area contributed by atoms with E-state index >= 15 is 0 Å². The Morgan fingerprint density at radius 1 is 2.00 bits per heavy atom. The second-order valence-electron chi connectivity index (χ2n) is 0.276. The van der Waals surface area contributed by atoms with Gasteiger partial charge in [-0.15, -0.1) is 0 Å². The molecule has 0 aliphatic carbocycles. The van der Waals surface area contributed by atoms with Crippen molar-refractivity contribution in [1.29, 1.82) is 0 Å². The monoisotopic (exact) mass is 120 g/mol. The van der Waals surface area contributed by atoms with E-state index in [1.165, 1.54) is 6.20 Å². The molecular weight excluding hydrogens is 118 g/mol. The molecule has 2 heteroatoms. The zero-order valence-electron chi connectivity index (χ0n) is 2.03. The molecule has 0 rings (SSSR count). The Labute approximate surface area is 33.6 Å². The summed E-state index contributed by atoms with van der Waals surface area (Å²) in [7, 11) is 0. The van der Waals surface area contributed by atoms with Crippen LogP contribution >= 0.6 is 15.9 Å². The highest BCUT2D eigenvalue weighted by molar-refractivity contribution is 9.10. The zero-order chi connectivity index (χ0) is 3.41. The van der Waals surface area contributed by atoms with Crippen LogP contribution in [-0.2, 0) is 0 Å². The molecular formula is C2H3BrN. The van der Waals surface area contributed by atoms with Crippen molar-refractivity contribution in [3.8, 4) is 0 Å². The first-order valence-corrected chi connectivity index (χ1v) is 1.60. The van der Waals surface area contributed by atoms with Crippen molar-refractivity contribution in [2.75, 3.05) is 0 Å². The molecule has 0 heterocycles. The smallest absolute Gasteiger partial charge is 0.0486 e. The fraction of sp³-hybridized carbons (Fsp3) is 0. The molecule has 0 aromatic rings. The number of halogens is 1. The van der Waals surface area contributed by atoms with Crippen LogP contribution in [0.5, 0.6) is 0 Å². The van der Waals surface area contributed by atoms with Gasteiger partial charge < -0.3 is 5.73 Å². The van der Waals surface area contributed by atoms with Crippen molar-refractivity contribution in [2.24, 2.45) is 5.73 Å². The van der Waals surface area contributed by atoms with E-state index < -0.39 is 0 Å². The van der Waals surface area contributed by atoms with Gasteiger partial charge in [0.1, 0.15) is 0 Å². The van der Waals surface area contributed by atoms with E-state index in [9.17, 15) is 0 Å². The van der Waals surface area contributed by atoms with Gasteiger partial charge in [-0.05, 0) is 15.9 Å². The second kappa shape index (κ2) is 3.02. The van der Waals surface area contributed by atoms with Gasteiger partial charge in [-0.2, -0.15) is 0 Å². The molecule has 0 bridgehead atoms. The standard InChI is InChI=1S/C2H3BrN/c3-1-2-4/h2H,4H2. The van der Waals surface area contributed by atoms with Gasteiger partial charge in [0.15, 0.2) is 0 Å². The van der Waals surface area contributed by atoms with Gasteiger partial charge in [0.05, 0.1) is 0 Å². The summed E-state index contributed by atoms with van der Waals surface area (Å²) < 4.78 is 0. The summed E-state index contributed by atoms with van der Waals surface area (Å²) in [5.41, 5.74) is 4.74. The molecule has 2 N–H and O–H groups in total. The first-order chi connectivity index (χ1) is 1.91. The summed E-state index contributed by atoms with van der Waals surface area (Å²) in [5, 5.41) is 0. The van der Waals surface area contributed by atoms with E-state index in [0.29, 0.717) is 0 Å². The van der Waals surface area contributed by atoms with Gasteiger partial charge >= 0.3 is 0 Å². The lowest BCUT2D eigenvalue weighted by molar-refractivity contribution is 1.62. The van der Waals surface area contributed by atoms with Crippen molar-refractivity contribution in [3.63, 3.8) is 0 Å². The number of hydrogen-bond donors (Lipinski definition) is 1. The molecule has 0 aromatic carbocycles. The average molecular weight is 121 g/mol. The van der Waals surface area contributed by atoms with Crippen LogP contribution in [0.1, 0.15) is 0 Å². The van der Waals surface area contributed by atoms with Crippen LogP contribution in [0.2, 0.25) is 0 Å². The molecule has 1 nitrogen and oxygen atoms in total. The van der Waals surface area contributed by atoms with Gasteiger partial charge in [0, 0.05) is 11.2 Å². The van der Waals surface area contributed by atoms with Gasteiger partial charge in [-0.25, -0.2) is 0 Å². The first kappa shape index (κ1) is 4.02. The Bertz CT molecular complexity index is 21.2. The number of nitrogens with two attached hydrogens (primary N) is 1. The second-order valence-corrected chi connectivity index (χ2v) is 0.734. The summed E-state index contributed by atoms with van der Waals surface area (Å²) in [6.45, 7) is 0. The van der Waals surface area contributed by atoms with E-state index in [-0.39, 0.29) is 0 Å². The Morgan fingerprint density at radius 3 is 2.25 bits per heavy atom. The molecule has 0 aliphatic rings. The van der Waals surface area contributed by atoms with Crippen molar-refractivity contribution in [2.45, 2.75) is 0 Å². The van der Waals surface area contributed by atoms with Crippen molar-refractivity contribution >= 4 is 15.9 Å². The van der Waals surface area contributed by atoms with Crippen LogP contribution in [0.25, 0.3) is 0 Å². The molecule has 0 aliphatic heterocycles. The molecule has 23 valence electrons. The predicted molar refractivity (Wildman–Crippen MR) is 20.9 cm³/mol. The highest BCUT2D eigenvalue weighted by atomic mass is 79.9. The summed E-state index contributed by atoms with van der Waals surface area (Å²) in [6.07, 6.45) is 1.29. The topological polar surface area (TPSA) is 26.0 Å². The van der Waals surface area contributed by atoms with E-state index in [0.717, 1.165) is 0 Å². The van der Waals surface area contributed by atoms with Crippen LogP contribution < -0.4 is 5.73 Å². The third-order valence-electron chi connectivity index (χ3n) is 0.0630. The SMILES string of the molecule is NC=[C]Br. The summed E-state index contributed by atoms with van der Waals surface area (Å²) in [5.74, 6) is 0. The fourth-order valence-corrected chi connectivity index (χ4v) is 0. The summed E-state index contributed by atoms with van der Waals surface area (Å²) >= 11 is 2.82. The molecule has 0 amide bonds. The van der Waals surface area contributed by atoms with Crippen LogP contribution in [0, 0.1) is 4.99 Å². The Balaban J connectivity index is 2.55. The quantitative estimate of drug-likeness (QED) is 0.499. The molecule has 0 atom stereocenters. The van der Waals surface area contributed by atoms with Gasteiger partial charge in [0.2, 0.25) is 0 Å². The normalized spacial score (nSPS) is 9.25. The Morgan fingerprint density at radius 2 is 2.25 bits per heavy atom. The van der Waals surface area contributed by atoms with Gasteiger partial charge in [-0.1, -0.05) is 0 Å². The molecule has 0 fully saturated rings. The van der Waals surface area contributed by atoms with Gasteiger partial charge in [0.25, 0.3) is 0 Å². The number of rotatable bonds is 0. The Kier molecular flexibility index (Phi) is 3.04. The van der Waals surface area contributed by atoms with E-state index in [1.807, 2.05) is 0 Å². The minimum Gasteiger partial charge on any atom is -0.404 e. The minimum absolute atomic E-state index is 1.29. The summed E-state index contributed by atoms with van der Waals surface area (Å²) in [6, 6.07) is 0. The van der Waals surface area contributed by atoms with Gasteiger partial charge in [-0.3, -0.25) is 0 Å². The third-order valence-corrected chi connectivity index (χ3v) is 0.327. The third kappa shape index (κ3) is 2.02. The van der Waals surface area contributed by atoms with Crippen LogP contribution in [-0.4, -0.2) is 0 Å². The van der Waals surface area contributed by atoms with Crippen LogP contribution in [0.15, 0.2) is 6.20 Å². The fourth-order valence-electron chi connectivity index (χ4n) is 0. The molecule has 0 aromatic heterocycles. The minimum atomic E-state index is 1.29. The molecule has 1 radical (unpaired) electrons. The first-order valence-electron chi connectivity index (χ1n) is 0.811. The molecule has 0 saturated carbocycles. The van der Waals surface area contributed by atoms with Crippen molar-refractivity contribution in [1.82, 2.24) is 0 Å². The maximum Gasteiger partial charge on any atom is 0.0486 e. The Hall–Kier alpha value is 0.0200. The molecule has 4 heavy (non-hydrogen) atoms. The van der Waals surface area contributed by atoms with Crippen LogP contribution in [0.4, 0.5) is 0 Å². The van der Waals surface area contributed by atoms with E-state index in [1.54, 1.807) is 0 Å². The van der Waals surface area contributed by atoms with E-state index in [2.05, 4.69) is 20.9 Å². The average Bonchev–Trinajstić information content (AvgIpc) is 1.37. The summed E-state index contributed by atoms with van der Waals surface area (Å²) in [4.78, 5) is 2.40. The lowest BCUT2D eigenvalue weighted by Gasteiger charge is -1.49. The largest absolute Gasteiger partial charge is 0.404 e. The van der Waals surface area contributed by atoms with Crippen molar-refractivity contribution in [3.05, 3.63) is 11.2 Å². The predicted octanol–water partition coefficient (Wildman–Crippen LogP) is 0.614. The molecule has 0 unspecified atom stereocenters. The van der Waals surface area contributed by atoms with Crippen molar-refractivity contribution < 1.29 is 0 Å². The van der Waals surface area contributed by atoms with Crippen LogP contribution in [0.3, 0.4) is 0 Å².